The molecule has 2 rings (SSSR count). The number of amides is 2. The molecule has 1 fully saturated rings. The Kier molecular flexibility index (Phi) is 3.88. The predicted octanol–water partition coefficient (Wildman–Crippen LogP) is 0.242. The quantitative estimate of drug-likeness (QED) is 0.721. The maximum absolute atomic E-state index is 12.9. The Balaban J connectivity index is 1.90. The number of rotatable bonds is 3. The minimum absolute atomic E-state index is 0.0301. The third-order valence-electron chi connectivity index (χ3n) is 2.63. The summed E-state index contributed by atoms with van der Waals surface area (Å²) in [5, 5.41) is 8.17. The fourth-order valence-electron chi connectivity index (χ4n) is 1.78. The zero-order valence-electron chi connectivity index (χ0n) is 9.70. The van der Waals surface area contributed by atoms with Crippen molar-refractivity contribution in [2.75, 3.05) is 18.4 Å². The molecule has 3 N–H and O–H groups in total. The van der Waals surface area contributed by atoms with E-state index < -0.39 is 11.9 Å². The Bertz CT molecular complexity index is 464. The normalized spacial score (nSPS) is 19.2. The van der Waals surface area contributed by atoms with Gasteiger partial charge in [0, 0.05) is 18.8 Å². The van der Waals surface area contributed by atoms with Crippen LogP contribution in [-0.2, 0) is 9.59 Å². The fourth-order valence-corrected chi connectivity index (χ4v) is 1.78. The smallest absolute Gasteiger partial charge is 0.237 e. The van der Waals surface area contributed by atoms with E-state index in [0.717, 1.165) is 0 Å². The zero-order chi connectivity index (χ0) is 13.0. The largest absolute Gasteiger partial charge is 0.353 e. The number of benzene rings is 1. The molecule has 1 aromatic carbocycles. The summed E-state index contributed by atoms with van der Waals surface area (Å²) in [6, 6.07) is 5.11. The monoisotopic (exact) mass is 251 g/mol. The Morgan fingerprint density at radius 3 is 3.00 bits per heavy atom. The van der Waals surface area contributed by atoms with E-state index in [0.29, 0.717) is 18.8 Å². The van der Waals surface area contributed by atoms with Crippen molar-refractivity contribution >= 4 is 17.5 Å². The topological polar surface area (TPSA) is 70.2 Å². The Morgan fingerprint density at radius 1 is 1.44 bits per heavy atom. The molecule has 0 aromatic heterocycles. The first-order valence-electron chi connectivity index (χ1n) is 5.71. The summed E-state index contributed by atoms with van der Waals surface area (Å²) >= 11 is 0. The molecule has 1 aliphatic heterocycles. The molecule has 0 radical (unpaired) electrons. The molecule has 1 heterocycles. The third-order valence-corrected chi connectivity index (χ3v) is 2.63. The minimum Gasteiger partial charge on any atom is -0.353 e. The summed E-state index contributed by atoms with van der Waals surface area (Å²) in [5.74, 6) is -0.924. The summed E-state index contributed by atoms with van der Waals surface area (Å²) in [7, 11) is 0. The Labute approximate surface area is 104 Å². The molecule has 1 aromatic rings. The molecular formula is C12H14FN3O2. The van der Waals surface area contributed by atoms with Crippen molar-refractivity contribution in [1.29, 1.82) is 0 Å². The van der Waals surface area contributed by atoms with Crippen LogP contribution in [0.15, 0.2) is 24.3 Å². The average Bonchev–Trinajstić information content (AvgIpc) is 2.32. The standard InChI is InChI=1S/C12H14FN3O2/c13-8-2-1-3-9(6-8)16-11(17)7-10-12(18)15-5-4-14-10/h1-3,6,10,14H,4-5,7H2,(H,15,18)(H,16,17)/t10-/m1/s1. The van der Waals surface area contributed by atoms with Gasteiger partial charge in [0.05, 0.1) is 12.5 Å². The second-order valence-corrected chi connectivity index (χ2v) is 4.06. The lowest BCUT2D eigenvalue weighted by atomic mass is 10.1. The van der Waals surface area contributed by atoms with Gasteiger partial charge in [0.1, 0.15) is 5.82 Å². The third kappa shape index (κ3) is 3.27. The van der Waals surface area contributed by atoms with Gasteiger partial charge in [-0.1, -0.05) is 6.07 Å². The molecule has 18 heavy (non-hydrogen) atoms. The number of piperazine rings is 1. The van der Waals surface area contributed by atoms with Crippen LogP contribution in [0.3, 0.4) is 0 Å². The van der Waals surface area contributed by atoms with Crippen LogP contribution in [0.5, 0.6) is 0 Å². The molecule has 0 bridgehead atoms. The van der Waals surface area contributed by atoms with E-state index in [1.54, 1.807) is 6.07 Å². The first kappa shape index (κ1) is 12.5. The average molecular weight is 251 g/mol. The van der Waals surface area contributed by atoms with E-state index in [1.165, 1.54) is 18.2 Å². The highest BCUT2D eigenvalue weighted by molar-refractivity contribution is 5.95. The van der Waals surface area contributed by atoms with Gasteiger partial charge in [-0.2, -0.15) is 0 Å². The van der Waals surface area contributed by atoms with Gasteiger partial charge in [-0.15, -0.1) is 0 Å². The summed E-state index contributed by atoms with van der Waals surface area (Å²) in [6.45, 7) is 1.21. The SMILES string of the molecule is O=C(C[C@H]1NCCNC1=O)Nc1cccc(F)c1. The number of anilines is 1. The zero-order valence-corrected chi connectivity index (χ0v) is 9.70. The van der Waals surface area contributed by atoms with Crippen LogP contribution in [0.25, 0.3) is 0 Å². The number of nitrogens with one attached hydrogen (secondary N) is 3. The van der Waals surface area contributed by atoms with Crippen molar-refractivity contribution in [2.45, 2.75) is 12.5 Å². The highest BCUT2D eigenvalue weighted by atomic mass is 19.1. The van der Waals surface area contributed by atoms with Gasteiger partial charge in [0.15, 0.2) is 0 Å². The van der Waals surface area contributed by atoms with Gasteiger partial charge in [-0.3, -0.25) is 9.59 Å². The van der Waals surface area contributed by atoms with E-state index in [2.05, 4.69) is 16.0 Å². The number of carbonyl (C=O) groups excluding carboxylic acids is 2. The predicted molar refractivity (Wildman–Crippen MR) is 64.4 cm³/mol. The first-order chi connectivity index (χ1) is 8.65. The van der Waals surface area contributed by atoms with Crippen molar-refractivity contribution in [3.63, 3.8) is 0 Å². The molecule has 1 saturated heterocycles. The Morgan fingerprint density at radius 2 is 2.28 bits per heavy atom. The summed E-state index contributed by atoms with van der Waals surface area (Å²) in [6.07, 6.45) is 0.0301. The fraction of sp³-hybridized carbons (Fsp3) is 0.333. The van der Waals surface area contributed by atoms with Crippen LogP contribution < -0.4 is 16.0 Å². The van der Waals surface area contributed by atoms with Crippen molar-refractivity contribution in [2.24, 2.45) is 0 Å². The molecular weight excluding hydrogens is 237 g/mol. The van der Waals surface area contributed by atoms with Crippen LogP contribution in [-0.4, -0.2) is 30.9 Å². The van der Waals surface area contributed by atoms with Crippen LogP contribution in [0, 0.1) is 5.82 Å². The number of hydrogen-bond donors (Lipinski definition) is 3. The van der Waals surface area contributed by atoms with Crippen LogP contribution in [0.2, 0.25) is 0 Å². The molecule has 0 aliphatic carbocycles. The van der Waals surface area contributed by atoms with E-state index in [9.17, 15) is 14.0 Å². The molecule has 96 valence electrons. The molecule has 5 nitrogen and oxygen atoms in total. The number of halogens is 1. The van der Waals surface area contributed by atoms with Gasteiger partial charge in [0.25, 0.3) is 0 Å². The number of carbonyl (C=O) groups is 2. The molecule has 2 amide bonds. The van der Waals surface area contributed by atoms with E-state index in [4.69, 9.17) is 0 Å². The summed E-state index contributed by atoms with van der Waals surface area (Å²) < 4.78 is 12.9. The summed E-state index contributed by atoms with van der Waals surface area (Å²) in [4.78, 5) is 23.1. The molecule has 0 spiro atoms. The molecule has 6 heteroatoms. The Hall–Kier alpha value is -1.95. The van der Waals surface area contributed by atoms with E-state index in [1.807, 2.05) is 0 Å². The van der Waals surface area contributed by atoms with Crippen LogP contribution in [0.4, 0.5) is 10.1 Å². The second-order valence-electron chi connectivity index (χ2n) is 4.06. The van der Waals surface area contributed by atoms with Gasteiger partial charge in [-0.05, 0) is 18.2 Å². The molecule has 0 saturated carbocycles. The van der Waals surface area contributed by atoms with E-state index in [-0.39, 0.29) is 18.2 Å². The van der Waals surface area contributed by atoms with Crippen molar-refractivity contribution in [1.82, 2.24) is 10.6 Å². The van der Waals surface area contributed by atoms with Gasteiger partial charge >= 0.3 is 0 Å². The van der Waals surface area contributed by atoms with Gasteiger partial charge in [0.2, 0.25) is 11.8 Å². The van der Waals surface area contributed by atoms with Gasteiger partial charge in [-0.25, -0.2) is 4.39 Å². The number of hydrogen-bond acceptors (Lipinski definition) is 3. The lowest BCUT2D eigenvalue weighted by Gasteiger charge is -2.22. The maximum Gasteiger partial charge on any atom is 0.237 e. The lowest BCUT2D eigenvalue weighted by Crippen LogP contribution is -2.53. The van der Waals surface area contributed by atoms with E-state index >= 15 is 0 Å². The highest BCUT2D eigenvalue weighted by Gasteiger charge is 2.23. The second kappa shape index (κ2) is 5.59. The molecule has 1 aliphatic rings. The summed E-state index contributed by atoms with van der Waals surface area (Å²) in [5.41, 5.74) is 0.385. The molecule has 1 atom stereocenters. The van der Waals surface area contributed by atoms with Crippen molar-refractivity contribution in [3.05, 3.63) is 30.1 Å². The highest BCUT2D eigenvalue weighted by Crippen LogP contribution is 2.10. The van der Waals surface area contributed by atoms with Crippen LogP contribution >= 0.6 is 0 Å². The minimum atomic E-state index is -0.521. The van der Waals surface area contributed by atoms with Crippen molar-refractivity contribution in [3.8, 4) is 0 Å². The van der Waals surface area contributed by atoms with Crippen molar-refractivity contribution < 1.29 is 14.0 Å². The van der Waals surface area contributed by atoms with Crippen LogP contribution in [0.1, 0.15) is 6.42 Å². The molecule has 0 unspecified atom stereocenters. The first-order valence-corrected chi connectivity index (χ1v) is 5.71. The maximum atomic E-state index is 12.9. The van der Waals surface area contributed by atoms with Gasteiger partial charge < -0.3 is 16.0 Å². The lowest BCUT2D eigenvalue weighted by molar-refractivity contribution is -0.127.